The largest absolute Gasteiger partial charge is 0.414 e. The first-order valence-corrected chi connectivity index (χ1v) is 15.5. The van der Waals surface area contributed by atoms with Crippen molar-refractivity contribution in [1.29, 1.82) is 0 Å². The Balaban J connectivity index is 4.65. The molecule has 0 amide bonds. The van der Waals surface area contributed by atoms with Crippen molar-refractivity contribution in [3.63, 3.8) is 0 Å². The van der Waals surface area contributed by atoms with Crippen LogP contribution >= 0.6 is 0 Å². The van der Waals surface area contributed by atoms with E-state index in [1.807, 2.05) is 0 Å². The number of unbranched alkanes of at least 4 members (excludes halogenated alkanes) is 2. The fourth-order valence-corrected chi connectivity index (χ4v) is 4.12. The molecular weight excluding hydrogens is 300 g/mol. The highest BCUT2D eigenvalue weighted by Crippen LogP contribution is 2.38. The van der Waals surface area contributed by atoms with Crippen LogP contribution in [0.25, 0.3) is 0 Å². The van der Waals surface area contributed by atoms with Crippen LogP contribution in [0.15, 0.2) is 0 Å². The van der Waals surface area contributed by atoms with Crippen LogP contribution in [0.5, 0.6) is 0 Å². The second-order valence-electron chi connectivity index (χ2n) is 9.09. The van der Waals surface area contributed by atoms with E-state index in [-0.39, 0.29) is 0 Å². The molecule has 0 aliphatic carbocycles. The van der Waals surface area contributed by atoms with Crippen molar-refractivity contribution in [2.24, 2.45) is 0 Å². The van der Waals surface area contributed by atoms with E-state index in [9.17, 15) is 0 Å². The van der Waals surface area contributed by atoms with Gasteiger partial charge in [-0.25, -0.2) is 0 Å². The molecule has 0 N–H and O–H groups in total. The molecular formula is C19H40OSi2. The SMILES string of the molecule is CCCCC[C@@H](CCC#C[Si](C)(C)C)O[Si](C)(C)C(C)(C)C. The zero-order chi connectivity index (χ0) is 17.4. The molecule has 0 aliphatic rings. The van der Waals surface area contributed by atoms with Crippen LogP contribution in [0.1, 0.15) is 66.2 Å². The van der Waals surface area contributed by atoms with E-state index in [0.717, 1.165) is 12.8 Å². The van der Waals surface area contributed by atoms with Crippen molar-refractivity contribution in [3.8, 4) is 11.5 Å². The minimum atomic E-state index is -1.66. The van der Waals surface area contributed by atoms with Gasteiger partial charge in [0.05, 0.1) is 0 Å². The number of hydrogen-bond acceptors (Lipinski definition) is 1. The predicted octanol–water partition coefficient (Wildman–Crippen LogP) is 6.62. The lowest BCUT2D eigenvalue weighted by Gasteiger charge is -2.39. The normalized spacial score (nSPS) is 14.4. The van der Waals surface area contributed by atoms with E-state index < -0.39 is 16.4 Å². The first-order valence-electron chi connectivity index (χ1n) is 9.07. The average Bonchev–Trinajstić information content (AvgIpc) is 2.31. The van der Waals surface area contributed by atoms with Gasteiger partial charge < -0.3 is 4.43 Å². The Hall–Kier alpha value is -0.0462. The molecule has 130 valence electrons. The fraction of sp³-hybridized carbons (Fsp3) is 0.895. The van der Waals surface area contributed by atoms with E-state index in [0.29, 0.717) is 11.1 Å². The van der Waals surface area contributed by atoms with Gasteiger partial charge in [0.25, 0.3) is 0 Å². The molecule has 0 heterocycles. The summed E-state index contributed by atoms with van der Waals surface area (Å²) in [4.78, 5) is 0. The van der Waals surface area contributed by atoms with Gasteiger partial charge in [0, 0.05) is 12.5 Å². The average molecular weight is 341 g/mol. The molecule has 0 radical (unpaired) electrons. The van der Waals surface area contributed by atoms with E-state index in [1.54, 1.807) is 0 Å². The van der Waals surface area contributed by atoms with Gasteiger partial charge in [0.2, 0.25) is 0 Å². The third-order valence-corrected chi connectivity index (χ3v) is 9.91. The van der Waals surface area contributed by atoms with Crippen LogP contribution in [-0.4, -0.2) is 22.5 Å². The molecule has 0 aliphatic heterocycles. The minimum absolute atomic E-state index is 0.292. The number of rotatable bonds is 8. The molecule has 0 rings (SSSR count). The summed E-state index contributed by atoms with van der Waals surface area (Å²) in [6.07, 6.45) is 7.60. The van der Waals surface area contributed by atoms with Crippen molar-refractivity contribution in [3.05, 3.63) is 0 Å². The van der Waals surface area contributed by atoms with Crippen molar-refractivity contribution >= 4 is 16.4 Å². The lowest BCUT2D eigenvalue weighted by molar-refractivity contribution is 0.159. The molecule has 0 aromatic rings. The standard InChI is InChI=1S/C19H40OSi2/c1-10-11-12-15-18(16-13-14-17-21(5,6)7)20-22(8,9)19(2,3)4/h18H,10-13,15-16H2,1-9H3/t18-/m0/s1. The van der Waals surface area contributed by atoms with E-state index >= 15 is 0 Å². The van der Waals surface area contributed by atoms with Crippen LogP contribution in [0.4, 0.5) is 0 Å². The summed E-state index contributed by atoms with van der Waals surface area (Å²) in [6, 6.07) is 0. The van der Waals surface area contributed by atoms with Gasteiger partial charge in [-0.1, -0.05) is 66.6 Å². The maximum atomic E-state index is 6.66. The Morgan fingerprint density at radius 3 is 2.00 bits per heavy atom. The maximum Gasteiger partial charge on any atom is 0.192 e. The van der Waals surface area contributed by atoms with Gasteiger partial charge in [-0.3, -0.25) is 0 Å². The lowest BCUT2D eigenvalue weighted by Crippen LogP contribution is -2.44. The lowest BCUT2D eigenvalue weighted by atomic mass is 10.1. The Bertz CT molecular complexity index is 364. The van der Waals surface area contributed by atoms with Crippen molar-refractivity contribution < 1.29 is 4.43 Å². The van der Waals surface area contributed by atoms with Crippen LogP contribution in [0.2, 0.25) is 37.8 Å². The maximum absolute atomic E-state index is 6.66. The summed E-state index contributed by atoms with van der Waals surface area (Å²) < 4.78 is 6.66. The van der Waals surface area contributed by atoms with Gasteiger partial charge in [0.15, 0.2) is 8.32 Å². The molecule has 0 fully saturated rings. The molecule has 1 atom stereocenters. The molecule has 1 nitrogen and oxygen atoms in total. The first kappa shape index (κ1) is 22.0. The van der Waals surface area contributed by atoms with Gasteiger partial charge in [0.1, 0.15) is 8.07 Å². The zero-order valence-corrected chi connectivity index (χ0v) is 18.7. The van der Waals surface area contributed by atoms with Crippen molar-refractivity contribution in [2.75, 3.05) is 0 Å². The molecule has 0 spiro atoms. The molecule has 0 aromatic heterocycles. The fourth-order valence-electron chi connectivity index (χ4n) is 2.04. The highest BCUT2D eigenvalue weighted by molar-refractivity contribution is 6.83. The minimum Gasteiger partial charge on any atom is -0.414 e. The predicted molar refractivity (Wildman–Crippen MR) is 107 cm³/mol. The summed E-state index contributed by atoms with van der Waals surface area (Å²) in [5.74, 6) is 3.42. The Kier molecular flexibility index (Phi) is 9.28. The molecule has 0 unspecified atom stereocenters. The van der Waals surface area contributed by atoms with Crippen LogP contribution < -0.4 is 0 Å². The quantitative estimate of drug-likeness (QED) is 0.274. The van der Waals surface area contributed by atoms with Crippen molar-refractivity contribution in [2.45, 2.75) is 110 Å². The van der Waals surface area contributed by atoms with Crippen LogP contribution in [0.3, 0.4) is 0 Å². The Morgan fingerprint density at radius 2 is 1.55 bits per heavy atom. The second kappa shape index (κ2) is 9.30. The van der Waals surface area contributed by atoms with Gasteiger partial charge >= 0.3 is 0 Å². The highest BCUT2D eigenvalue weighted by atomic mass is 28.4. The molecule has 22 heavy (non-hydrogen) atoms. The van der Waals surface area contributed by atoms with E-state index in [4.69, 9.17) is 4.43 Å². The third kappa shape index (κ3) is 9.87. The Labute approximate surface area is 142 Å². The molecule has 0 aromatic carbocycles. The van der Waals surface area contributed by atoms with E-state index in [1.165, 1.54) is 25.7 Å². The summed E-state index contributed by atoms with van der Waals surface area (Å²) in [6.45, 7) is 20.9. The molecule has 0 saturated heterocycles. The highest BCUT2D eigenvalue weighted by Gasteiger charge is 2.38. The van der Waals surface area contributed by atoms with Crippen molar-refractivity contribution in [1.82, 2.24) is 0 Å². The summed E-state index contributed by atoms with van der Waals surface area (Å²) >= 11 is 0. The third-order valence-electron chi connectivity index (χ3n) is 4.45. The monoisotopic (exact) mass is 340 g/mol. The second-order valence-corrected chi connectivity index (χ2v) is 18.6. The summed E-state index contributed by atoms with van der Waals surface area (Å²) in [5.41, 5.74) is 3.48. The van der Waals surface area contributed by atoms with Crippen LogP contribution in [-0.2, 0) is 4.43 Å². The topological polar surface area (TPSA) is 9.23 Å². The van der Waals surface area contributed by atoms with Gasteiger partial charge in [-0.2, -0.15) is 0 Å². The number of hydrogen-bond donors (Lipinski definition) is 0. The molecule has 3 heteroatoms. The zero-order valence-electron chi connectivity index (χ0n) is 16.7. The molecule has 0 saturated carbocycles. The Morgan fingerprint density at radius 1 is 0.955 bits per heavy atom. The van der Waals surface area contributed by atoms with Gasteiger partial charge in [-0.05, 0) is 31.0 Å². The van der Waals surface area contributed by atoms with Crippen LogP contribution in [0, 0.1) is 11.5 Å². The van der Waals surface area contributed by atoms with E-state index in [2.05, 4.69) is 71.9 Å². The first-order chi connectivity index (χ1) is 9.89. The summed E-state index contributed by atoms with van der Waals surface area (Å²) in [5, 5.41) is 0.292. The smallest absolute Gasteiger partial charge is 0.192 e. The summed E-state index contributed by atoms with van der Waals surface area (Å²) in [7, 11) is -2.89. The van der Waals surface area contributed by atoms with Gasteiger partial charge in [-0.15, -0.1) is 11.5 Å². The molecule has 0 bridgehead atoms.